The van der Waals surface area contributed by atoms with E-state index in [-0.39, 0.29) is 5.41 Å². The number of fused-ring (bicyclic) bond motifs is 1. The molecule has 0 spiro atoms. The number of carbonyl (C=O) groups excluding carboxylic acids is 1. The van der Waals surface area contributed by atoms with Gasteiger partial charge in [0.25, 0.3) is 0 Å². The molecule has 1 amide bonds. The standard InChI is InChI=1S/C36H45N5O2/c1-2-43-26-25-41-33-16-10-9-15-32(33)38-35(41)37-31-17-21-39(22-18-31)23-19-36(27-29-11-5-3-6-12-29)20-24-40(34(36)42)28-30-13-7-4-8-14-30/h3-16,31H,2,17-28H2,1H3,(H,37,38). The van der Waals surface area contributed by atoms with Crippen molar-refractivity contribution in [3.05, 3.63) is 96.1 Å². The van der Waals surface area contributed by atoms with Gasteiger partial charge in [0.1, 0.15) is 0 Å². The highest BCUT2D eigenvalue weighted by Gasteiger charge is 2.46. The lowest BCUT2D eigenvalue weighted by molar-refractivity contribution is -0.137. The highest BCUT2D eigenvalue weighted by Crippen LogP contribution is 2.40. The maximum Gasteiger partial charge on any atom is 0.229 e. The molecule has 1 aromatic heterocycles. The van der Waals surface area contributed by atoms with E-state index in [4.69, 9.17) is 9.72 Å². The van der Waals surface area contributed by atoms with Crippen LogP contribution >= 0.6 is 0 Å². The molecular formula is C36H45N5O2. The summed E-state index contributed by atoms with van der Waals surface area (Å²) >= 11 is 0. The third-order valence-electron chi connectivity index (χ3n) is 9.35. The molecule has 7 nitrogen and oxygen atoms in total. The summed E-state index contributed by atoms with van der Waals surface area (Å²) in [6.07, 6.45) is 4.76. The van der Waals surface area contributed by atoms with Crippen LogP contribution in [-0.2, 0) is 29.0 Å². The fourth-order valence-corrected chi connectivity index (χ4v) is 6.89. The third-order valence-corrected chi connectivity index (χ3v) is 9.35. The number of benzene rings is 3. The van der Waals surface area contributed by atoms with Gasteiger partial charge in [0.15, 0.2) is 0 Å². The number of piperidine rings is 1. The smallest absolute Gasteiger partial charge is 0.229 e. The molecule has 0 radical (unpaired) electrons. The summed E-state index contributed by atoms with van der Waals surface area (Å²) in [6, 6.07) is 29.7. The van der Waals surface area contributed by atoms with Crippen molar-refractivity contribution >= 4 is 22.9 Å². The SMILES string of the molecule is CCOCCn1c(NC2CCN(CCC3(Cc4ccccc4)CCN(Cc4ccccc4)C3=O)CC2)nc2ccccc21. The van der Waals surface area contributed by atoms with Crippen molar-refractivity contribution in [1.29, 1.82) is 0 Å². The number of anilines is 1. The molecular weight excluding hydrogens is 534 g/mol. The number of amides is 1. The van der Waals surface area contributed by atoms with E-state index in [0.717, 1.165) is 88.4 Å². The van der Waals surface area contributed by atoms with E-state index in [1.54, 1.807) is 0 Å². The highest BCUT2D eigenvalue weighted by molar-refractivity contribution is 5.85. The van der Waals surface area contributed by atoms with Crippen molar-refractivity contribution in [1.82, 2.24) is 19.4 Å². The number of hydrogen-bond acceptors (Lipinski definition) is 5. The summed E-state index contributed by atoms with van der Waals surface area (Å²) in [5.74, 6) is 1.26. The zero-order valence-corrected chi connectivity index (χ0v) is 25.5. The van der Waals surface area contributed by atoms with Crippen molar-refractivity contribution in [2.75, 3.05) is 44.7 Å². The Labute approximate surface area is 255 Å². The first-order valence-corrected chi connectivity index (χ1v) is 16.0. The predicted octanol–water partition coefficient (Wildman–Crippen LogP) is 6.00. The van der Waals surface area contributed by atoms with Gasteiger partial charge in [0.2, 0.25) is 11.9 Å². The molecule has 2 aliphatic rings. The van der Waals surface area contributed by atoms with Crippen molar-refractivity contribution in [2.24, 2.45) is 5.41 Å². The van der Waals surface area contributed by atoms with E-state index >= 15 is 0 Å². The molecule has 1 unspecified atom stereocenters. The predicted molar refractivity (Wildman–Crippen MR) is 173 cm³/mol. The summed E-state index contributed by atoms with van der Waals surface area (Å²) in [4.78, 5) is 23.6. The fraction of sp³-hybridized carbons (Fsp3) is 0.444. The zero-order chi connectivity index (χ0) is 29.5. The van der Waals surface area contributed by atoms with Crippen LogP contribution in [-0.4, -0.2) is 70.7 Å². The minimum Gasteiger partial charge on any atom is -0.380 e. The van der Waals surface area contributed by atoms with Crippen LogP contribution in [0.3, 0.4) is 0 Å². The van der Waals surface area contributed by atoms with Gasteiger partial charge in [-0.3, -0.25) is 4.79 Å². The quantitative estimate of drug-likeness (QED) is 0.197. The van der Waals surface area contributed by atoms with Crippen LogP contribution in [0.4, 0.5) is 5.95 Å². The molecule has 4 aromatic rings. The lowest BCUT2D eigenvalue weighted by Crippen LogP contribution is -2.43. The fourth-order valence-electron chi connectivity index (χ4n) is 6.89. The number of hydrogen-bond donors (Lipinski definition) is 1. The summed E-state index contributed by atoms with van der Waals surface area (Å²) < 4.78 is 7.92. The molecule has 3 heterocycles. The largest absolute Gasteiger partial charge is 0.380 e. The molecule has 7 heteroatoms. The Balaban J connectivity index is 1.08. The van der Waals surface area contributed by atoms with Gasteiger partial charge in [0.05, 0.1) is 23.1 Å². The third kappa shape index (κ3) is 6.94. The van der Waals surface area contributed by atoms with Crippen LogP contribution in [0.5, 0.6) is 0 Å². The van der Waals surface area contributed by atoms with E-state index in [1.165, 1.54) is 11.1 Å². The second-order valence-electron chi connectivity index (χ2n) is 12.2. The van der Waals surface area contributed by atoms with E-state index in [9.17, 15) is 4.79 Å². The Hall–Kier alpha value is -3.68. The van der Waals surface area contributed by atoms with Gasteiger partial charge in [0, 0.05) is 45.4 Å². The molecule has 3 aromatic carbocycles. The zero-order valence-electron chi connectivity index (χ0n) is 25.5. The van der Waals surface area contributed by atoms with Gasteiger partial charge in [-0.15, -0.1) is 0 Å². The van der Waals surface area contributed by atoms with Crippen LogP contribution in [0.15, 0.2) is 84.9 Å². The Morgan fingerprint density at radius 3 is 2.33 bits per heavy atom. The molecule has 0 aliphatic carbocycles. The van der Waals surface area contributed by atoms with Gasteiger partial charge in [-0.25, -0.2) is 4.98 Å². The first-order valence-electron chi connectivity index (χ1n) is 16.0. The summed E-state index contributed by atoms with van der Waals surface area (Å²) in [5, 5.41) is 3.77. The van der Waals surface area contributed by atoms with Crippen LogP contribution in [0.1, 0.15) is 43.7 Å². The number of ether oxygens (including phenoxy) is 1. The average molecular weight is 580 g/mol. The van der Waals surface area contributed by atoms with Gasteiger partial charge >= 0.3 is 0 Å². The van der Waals surface area contributed by atoms with Crippen LogP contribution in [0.25, 0.3) is 11.0 Å². The molecule has 0 bridgehead atoms. The van der Waals surface area contributed by atoms with E-state index in [1.807, 2.05) is 19.1 Å². The number of nitrogens with zero attached hydrogens (tertiary/aromatic N) is 4. The summed E-state index contributed by atoms with van der Waals surface area (Å²) in [7, 11) is 0. The van der Waals surface area contributed by atoms with E-state index < -0.39 is 0 Å². The van der Waals surface area contributed by atoms with E-state index in [2.05, 4.69) is 92.5 Å². The van der Waals surface area contributed by atoms with Crippen molar-refractivity contribution in [3.63, 3.8) is 0 Å². The van der Waals surface area contributed by atoms with Gasteiger partial charge in [-0.05, 0) is 68.8 Å². The van der Waals surface area contributed by atoms with Crippen LogP contribution in [0, 0.1) is 5.41 Å². The number of imidazole rings is 1. The molecule has 2 fully saturated rings. The number of rotatable bonds is 13. The Bertz CT molecular complexity index is 1470. The lowest BCUT2D eigenvalue weighted by atomic mass is 9.77. The Morgan fingerprint density at radius 1 is 0.884 bits per heavy atom. The normalized spacial score (nSPS) is 19.8. The lowest BCUT2D eigenvalue weighted by Gasteiger charge is -2.35. The summed E-state index contributed by atoms with van der Waals surface area (Å²) in [6.45, 7) is 8.75. The average Bonchev–Trinajstić information content (AvgIpc) is 3.54. The summed E-state index contributed by atoms with van der Waals surface area (Å²) in [5.41, 5.74) is 4.29. The molecule has 2 aliphatic heterocycles. The second kappa shape index (κ2) is 13.7. The van der Waals surface area contributed by atoms with Crippen LogP contribution < -0.4 is 5.32 Å². The number of likely N-dealkylation sites (tertiary alicyclic amines) is 2. The number of carbonyl (C=O) groups is 1. The molecule has 0 saturated carbocycles. The second-order valence-corrected chi connectivity index (χ2v) is 12.2. The maximum absolute atomic E-state index is 14.0. The Kier molecular flexibility index (Phi) is 9.39. The van der Waals surface area contributed by atoms with Gasteiger partial charge < -0.3 is 24.4 Å². The first-order chi connectivity index (χ1) is 21.1. The number of nitrogens with one attached hydrogen (secondary N) is 1. The monoisotopic (exact) mass is 579 g/mol. The molecule has 43 heavy (non-hydrogen) atoms. The highest BCUT2D eigenvalue weighted by atomic mass is 16.5. The minimum absolute atomic E-state index is 0.322. The number of para-hydroxylation sites is 2. The molecule has 1 atom stereocenters. The minimum atomic E-state index is -0.337. The molecule has 226 valence electrons. The Morgan fingerprint density at radius 2 is 1.58 bits per heavy atom. The first kappa shape index (κ1) is 29.4. The molecule has 6 rings (SSSR count). The maximum atomic E-state index is 14.0. The van der Waals surface area contributed by atoms with Gasteiger partial charge in [-0.1, -0.05) is 72.8 Å². The molecule has 1 N–H and O–H groups in total. The molecule has 2 saturated heterocycles. The van der Waals surface area contributed by atoms with E-state index in [0.29, 0.717) is 25.1 Å². The topological polar surface area (TPSA) is 62.6 Å². The van der Waals surface area contributed by atoms with Gasteiger partial charge in [-0.2, -0.15) is 0 Å². The van der Waals surface area contributed by atoms with Crippen molar-refractivity contribution in [3.8, 4) is 0 Å². The van der Waals surface area contributed by atoms with Crippen molar-refractivity contribution < 1.29 is 9.53 Å². The van der Waals surface area contributed by atoms with Crippen molar-refractivity contribution in [2.45, 2.75) is 58.2 Å². The van der Waals surface area contributed by atoms with Crippen LogP contribution in [0.2, 0.25) is 0 Å². The number of aromatic nitrogens is 2.